The lowest BCUT2D eigenvalue weighted by Gasteiger charge is -2.09. The van der Waals surface area contributed by atoms with Crippen molar-refractivity contribution in [2.24, 2.45) is 7.05 Å². The molecule has 0 atom stereocenters. The Morgan fingerprint density at radius 1 is 1.21 bits per heavy atom. The minimum atomic E-state index is -0.333. The van der Waals surface area contributed by atoms with Gasteiger partial charge in [-0.3, -0.25) is 0 Å². The number of urea groups is 1. The Labute approximate surface area is 142 Å². The molecule has 126 valence electrons. The average molecular weight is 326 g/mol. The van der Waals surface area contributed by atoms with Gasteiger partial charge in [-0.1, -0.05) is 12.1 Å². The van der Waals surface area contributed by atoms with Gasteiger partial charge in [-0.15, -0.1) is 0 Å². The molecule has 2 rings (SSSR count). The van der Waals surface area contributed by atoms with Crippen LogP contribution < -0.4 is 20.9 Å². The third-order valence-corrected chi connectivity index (χ3v) is 3.61. The van der Waals surface area contributed by atoms with Crippen LogP contribution in [0.4, 0.5) is 21.9 Å². The minimum Gasteiger partial charge on any atom is -0.397 e. The van der Waals surface area contributed by atoms with Crippen molar-refractivity contribution >= 4 is 28.8 Å². The van der Waals surface area contributed by atoms with E-state index in [-0.39, 0.29) is 6.03 Å². The molecule has 6 nitrogen and oxygen atoms in total. The summed E-state index contributed by atoms with van der Waals surface area (Å²) in [5, 5.41) is 13.0. The molecular weight excluding hydrogens is 302 g/mol. The summed E-state index contributed by atoms with van der Waals surface area (Å²) in [5.74, 6) is 0. The summed E-state index contributed by atoms with van der Waals surface area (Å²) in [5.41, 5.74) is 9.55. The molecule has 1 aromatic heterocycles. The summed E-state index contributed by atoms with van der Waals surface area (Å²) in [6.45, 7) is 1.82. The fourth-order valence-electron chi connectivity index (χ4n) is 2.31. The monoisotopic (exact) mass is 326 g/mol. The van der Waals surface area contributed by atoms with E-state index in [9.17, 15) is 4.79 Å². The molecule has 1 heterocycles. The minimum absolute atomic E-state index is 0.333. The van der Waals surface area contributed by atoms with Gasteiger partial charge in [0, 0.05) is 17.5 Å². The lowest BCUT2D eigenvalue weighted by Crippen LogP contribution is -2.29. The molecular formula is C18H24N5O+. The molecule has 0 saturated carbocycles. The lowest BCUT2D eigenvalue weighted by molar-refractivity contribution is -0.670. The largest absolute Gasteiger partial charge is 0.397 e. The van der Waals surface area contributed by atoms with Gasteiger partial charge in [0.25, 0.3) is 0 Å². The standard InChI is InChI=1S/C18H23N5O/c1-13(19)4-3-5-14-6-8-15(9-7-14)21-18(24)22-17-12-23(2)11-10-16(17)20/h6-12,19-20H,3-5H2,1-2H3,(H2,21,22,24)/p+1. The van der Waals surface area contributed by atoms with Crippen LogP contribution in [-0.4, -0.2) is 11.7 Å². The number of anilines is 3. The highest BCUT2D eigenvalue weighted by atomic mass is 16.2. The van der Waals surface area contributed by atoms with Crippen LogP contribution in [-0.2, 0) is 13.5 Å². The Balaban J connectivity index is 1.89. The first-order valence-corrected chi connectivity index (χ1v) is 7.90. The summed E-state index contributed by atoms with van der Waals surface area (Å²) >= 11 is 0. The van der Waals surface area contributed by atoms with Gasteiger partial charge in [-0.25, -0.2) is 9.36 Å². The normalized spacial score (nSPS) is 10.2. The molecule has 0 unspecified atom stereocenters. The predicted molar refractivity (Wildman–Crippen MR) is 97.5 cm³/mol. The zero-order valence-corrected chi connectivity index (χ0v) is 14.1. The number of hydrogen-bond acceptors (Lipinski definition) is 3. The van der Waals surface area contributed by atoms with Crippen molar-refractivity contribution in [3.05, 3.63) is 48.3 Å². The Kier molecular flexibility index (Phi) is 5.89. The van der Waals surface area contributed by atoms with E-state index in [1.54, 1.807) is 12.3 Å². The summed E-state index contributed by atoms with van der Waals surface area (Å²) in [7, 11) is 1.86. The maximum Gasteiger partial charge on any atom is 0.323 e. The molecule has 0 aliphatic rings. The molecule has 0 fully saturated rings. The van der Waals surface area contributed by atoms with E-state index < -0.39 is 0 Å². The van der Waals surface area contributed by atoms with Crippen LogP contribution in [0.25, 0.3) is 0 Å². The molecule has 6 heteroatoms. The number of aromatic nitrogens is 1. The van der Waals surface area contributed by atoms with Gasteiger partial charge in [0.1, 0.15) is 12.7 Å². The number of nitrogen functional groups attached to an aromatic ring is 1. The zero-order valence-electron chi connectivity index (χ0n) is 14.1. The number of nitrogens with two attached hydrogens (primary N) is 1. The van der Waals surface area contributed by atoms with E-state index in [0.717, 1.165) is 24.9 Å². The van der Waals surface area contributed by atoms with Gasteiger partial charge in [0.2, 0.25) is 0 Å². The van der Waals surface area contributed by atoms with Gasteiger partial charge < -0.3 is 21.8 Å². The molecule has 0 aliphatic heterocycles. The van der Waals surface area contributed by atoms with Gasteiger partial charge in [0.15, 0.2) is 12.4 Å². The Morgan fingerprint density at radius 3 is 2.58 bits per heavy atom. The number of rotatable bonds is 6. The number of hydrogen-bond donors (Lipinski definition) is 4. The summed E-state index contributed by atoms with van der Waals surface area (Å²) < 4.78 is 1.82. The fourth-order valence-corrected chi connectivity index (χ4v) is 2.31. The van der Waals surface area contributed by atoms with Crippen LogP contribution in [0, 0.1) is 5.41 Å². The molecule has 0 radical (unpaired) electrons. The Hall–Kier alpha value is -2.89. The van der Waals surface area contributed by atoms with Crippen molar-refractivity contribution < 1.29 is 9.36 Å². The summed E-state index contributed by atoms with van der Waals surface area (Å²) in [6.07, 6.45) is 6.28. The molecule has 1 aromatic carbocycles. The van der Waals surface area contributed by atoms with Crippen LogP contribution in [0.2, 0.25) is 0 Å². The number of nitrogens with one attached hydrogen (secondary N) is 3. The SMILES string of the molecule is CC(=N)CCCc1ccc(NC(=O)Nc2c[n+](C)ccc2N)cc1. The second kappa shape index (κ2) is 8.10. The number of aryl methyl sites for hydroxylation is 2. The molecule has 5 N–H and O–H groups in total. The Bertz CT molecular complexity index is 725. The van der Waals surface area contributed by atoms with Gasteiger partial charge in [-0.2, -0.15) is 0 Å². The van der Waals surface area contributed by atoms with Crippen LogP contribution >= 0.6 is 0 Å². The molecule has 0 spiro atoms. The average Bonchev–Trinajstić information content (AvgIpc) is 2.52. The lowest BCUT2D eigenvalue weighted by atomic mass is 10.1. The number of carbonyl (C=O) groups is 1. The molecule has 0 saturated heterocycles. The van der Waals surface area contributed by atoms with E-state index in [0.29, 0.717) is 17.1 Å². The van der Waals surface area contributed by atoms with Crippen LogP contribution in [0.3, 0.4) is 0 Å². The second-order valence-electron chi connectivity index (χ2n) is 5.89. The van der Waals surface area contributed by atoms with Gasteiger partial charge in [0.05, 0.1) is 5.69 Å². The van der Waals surface area contributed by atoms with Crippen molar-refractivity contribution in [3.8, 4) is 0 Å². The van der Waals surface area contributed by atoms with Crippen LogP contribution in [0.5, 0.6) is 0 Å². The van der Waals surface area contributed by atoms with Crippen LogP contribution in [0.1, 0.15) is 25.3 Å². The molecule has 2 amide bonds. The molecule has 2 aromatic rings. The second-order valence-corrected chi connectivity index (χ2v) is 5.89. The van der Waals surface area contributed by atoms with Crippen molar-refractivity contribution in [2.45, 2.75) is 26.2 Å². The maximum atomic E-state index is 12.1. The van der Waals surface area contributed by atoms with E-state index in [1.165, 1.54) is 5.56 Å². The number of benzene rings is 1. The van der Waals surface area contributed by atoms with E-state index in [1.807, 2.05) is 49.0 Å². The zero-order chi connectivity index (χ0) is 17.5. The third-order valence-electron chi connectivity index (χ3n) is 3.61. The van der Waals surface area contributed by atoms with Gasteiger partial charge >= 0.3 is 6.03 Å². The highest BCUT2D eigenvalue weighted by Crippen LogP contribution is 2.16. The maximum absolute atomic E-state index is 12.1. The molecule has 0 bridgehead atoms. The predicted octanol–water partition coefficient (Wildman–Crippen LogP) is 3.10. The van der Waals surface area contributed by atoms with Crippen LogP contribution in [0.15, 0.2) is 42.7 Å². The Morgan fingerprint density at radius 2 is 1.92 bits per heavy atom. The first kappa shape index (κ1) is 17.5. The van der Waals surface area contributed by atoms with E-state index in [4.69, 9.17) is 11.1 Å². The first-order valence-electron chi connectivity index (χ1n) is 7.90. The molecule has 24 heavy (non-hydrogen) atoms. The van der Waals surface area contributed by atoms with Crippen molar-refractivity contribution in [2.75, 3.05) is 16.4 Å². The van der Waals surface area contributed by atoms with Crippen molar-refractivity contribution in [1.82, 2.24) is 0 Å². The summed E-state index contributed by atoms with van der Waals surface area (Å²) in [4.78, 5) is 12.1. The highest BCUT2D eigenvalue weighted by Gasteiger charge is 2.09. The smallest absolute Gasteiger partial charge is 0.323 e. The number of amides is 2. The number of carbonyl (C=O) groups excluding carboxylic acids is 1. The number of pyridine rings is 1. The van der Waals surface area contributed by atoms with Gasteiger partial charge in [-0.05, 0) is 43.9 Å². The summed E-state index contributed by atoms with van der Waals surface area (Å²) in [6, 6.07) is 9.14. The van der Waals surface area contributed by atoms with E-state index >= 15 is 0 Å². The van der Waals surface area contributed by atoms with Crippen molar-refractivity contribution in [3.63, 3.8) is 0 Å². The quantitative estimate of drug-likeness (QED) is 0.485. The fraction of sp³-hybridized carbons (Fsp3) is 0.278. The third kappa shape index (κ3) is 5.39. The van der Waals surface area contributed by atoms with E-state index in [2.05, 4.69) is 10.6 Å². The number of nitrogens with zero attached hydrogens (tertiary/aromatic N) is 1. The topological polar surface area (TPSA) is 94.9 Å². The van der Waals surface area contributed by atoms with Crippen molar-refractivity contribution in [1.29, 1.82) is 5.41 Å². The molecule has 0 aliphatic carbocycles. The highest BCUT2D eigenvalue weighted by molar-refractivity contribution is 6.01. The first-order chi connectivity index (χ1) is 11.4.